The molecule has 4 nitrogen and oxygen atoms in total. The summed E-state index contributed by atoms with van der Waals surface area (Å²) in [6, 6.07) is 0.192. The van der Waals surface area contributed by atoms with Gasteiger partial charge < -0.3 is 15.4 Å². The number of amides is 1. The molecule has 1 saturated heterocycles. The summed E-state index contributed by atoms with van der Waals surface area (Å²) < 4.78 is 5.23. The summed E-state index contributed by atoms with van der Waals surface area (Å²) in [7, 11) is 0. The molecule has 0 aliphatic carbocycles. The van der Waals surface area contributed by atoms with Crippen LogP contribution in [-0.2, 0) is 4.74 Å². The minimum absolute atomic E-state index is 0.192. The Kier molecular flexibility index (Phi) is 4.59. The smallest absolute Gasteiger partial charge is 0.407 e. The van der Waals surface area contributed by atoms with Gasteiger partial charge in [-0.2, -0.15) is 0 Å². The van der Waals surface area contributed by atoms with Gasteiger partial charge in [-0.05, 0) is 59.5 Å². The fourth-order valence-electron chi connectivity index (χ4n) is 1.96. The highest BCUT2D eigenvalue weighted by molar-refractivity contribution is 5.68. The second-order valence-electron chi connectivity index (χ2n) is 5.52. The van der Waals surface area contributed by atoms with E-state index in [-0.39, 0.29) is 12.1 Å². The third kappa shape index (κ3) is 4.84. The zero-order chi connectivity index (χ0) is 12.2. The van der Waals surface area contributed by atoms with Crippen molar-refractivity contribution in [1.82, 2.24) is 10.6 Å². The first-order valence-corrected chi connectivity index (χ1v) is 6.09. The summed E-state index contributed by atoms with van der Waals surface area (Å²) >= 11 is 0. The van der Waals surface area contributed by atoms with Crippen LogP contribution < -0.4 is 10.6 Å². The zero-order valence-corrected chi connectivity index (χ0v) is 10.8. The molecule has 0 unspecified atom stereocenters. The molecule has 0 aromatic rings. The number of hydrogen-bond donors (Lipinski definition) is 2. The summed E-state index contributed by atoms with van der Waals surface area (Å²) in [6.45, 7) is 9.78. The molecule has 1 heterocycles. The van der Waals surface area contributed by atoms with Gasteiger partial charge in [-0.25, -0.2) is 4.79 Å². The van der Waals surface area contributed by atoms with E-state index >= 15 is 0 Å². The van der Waals surface area contributed by atoms with E-state index in [1.54, 1.807) is 0 Å². The number of carbonyl (C=O) groups is 1. The minimum Gasteiger partial charge on any atom is -0.444 e. The number of rotatable bonds is 2. The van der Waals surface area contributed by atoms with E-state index in [1.807, 2.05) is 20.8 Å². The molecule has 0 radical (unpaired) electrons. The number of alkyl carbamates (subject to hydrolysis) is 1. The van der Waals surface area contributed by atoms with Gasteiger partial charge in [0.15, 0.2) is 0 Å². The summed E-state index contributed by atoms with van der Waals surface area (Å²) in [4.78, 5) is 11.6. The normalized spacial score (nSPS) is 20.2. The molecule has 1 rings (SSSR count). The van der Waals surface area contributed by atoms with Gasteiger partial charge in [0, 0.05) is 6.04 Å². The Morgan fingerprint density at radius 3 is 2.44 bits per heavy atom. The lowest BCUT2D eigenvalue weighted by molar-refractivity contribution is 0.0486. The highest BCUT2D eigenvalue weighted by Gasteiger charge is 2.23. The first-order chi connectivity index (χ1) is 7.38. The number of nitrogens with one attached hydrogen (secondary N) is 2. The van der Waals surface area contributed by atoms with Crippen LogP contribution >= 0.6 is 0 Å². The van der Waals surface area contributed by atoms with Gasteiger partial charge in [0.25, 0.3) is 0 Å². The average Bonchev–Trinajstić information content (AvgIpc) is 2.16. The van der Waals surface area contributed by atoms with Crippen molar-refractivity contribution in [2.24, 2.45) is 5.92 Å². The number of ether oxygens (including phenoxy) is 1. The van der Waals surface area contributed by atoms with Gasteiger partial charge in [0.1, 0.15) is 5.60 Å². The van der Waals surface area contributed by atoms with Crippen molar-refractivity contribution in [3.8, 4) is 0 Å². The number of carbonyl (C=O) groups excluding carboxylic acids is 1. The number of piperidine rings is 1. The molecule has 0 aromatic heterocycles. The second-order valence-corrected chi connectivity index (χ2v) is 5.52. The molecule has 0 saturated carbocycles. The Bertz CT molecular complexity index is 230. The Labute approximate surface area is 98.1 Å². The molecule has 0 aromatic carbocycles. The lowest BCUT2D eigenvalue weighted by Gasteiger charge is -2.29. The van der Waals surface area contributed by atoms with Crippen LogP contribution in [-0.4, -0.2) is 30.8 Å². The van der Waals surface area contributed by atoms with Crippen LogP contribution in [0.4, 0.5) is 4.79 Å². The highest BCUT2D eigenvalue weighted by Crippen LogP contribution is 2.16. The molecule has 0 bridgehead atoms. The fraction of sp³-hybridized carbons (Fsp3) is 0.917. The van der Waals surface area contributed by atoms with Crippen molar-refractivity contribution >= 4 is 6.09 Å². The van der Waals surface area contributed by atoms with Crippen molar-refractivity contribution < 1.29 is 9.53 Å². The van der Waals surface area contributed by atoms with E-state index in [0.29, 0.717) is 5.92 Å². The van der Waals surface area contributed by atoms with E-state index in [4.69, 9.17) is 4.74 Å². The quantitative estimate of drug-likeness (QED) is 0.759. The van der Waals surface area contributed by atoms with Crippen molar-refractivity contribution in [3.05, 3.63) is 0 Å². The molecule has 1 aliphatic heterocycles. The largest absolute Gasteiger partial charge is 0.444 e. The Morgan fingerprint density at radius 2 is 1.94 bits per heavy atom. The van der Waals surface area contributed by atoms with Crippen LogP contribution in [0.1, 0.15) is 40.5 Å². The first-order valence-electron chi connectivity index (χ1n) is 6.09. The third-order valence-corrected chi connectivity index (χ3v) is 2.84. The standard InChI is InChI=1S/C12H24N2O2/c1-9(10-5-7-13-8-6-10)14-11(15)16-12(2,3)4/h9-10,13H,5-8H2,1-4H3,(H,14,15)/t9-/m1/s1. The maximum atomic E-state index is 11.6. The molecule has 4 heteroatoms. The van der Waals surface area contributed by atoms with Gasteiger partial charge in [0.05, 0.1) is 0 Å². The van der Waals surface area contributed by atoms with Crippen LogP contribution in [0, 0.1) is 5.92 Å². The maximum absolute atomic E-state index is 11.6. The zero-order valence-electron chi connectivity index (χ0n) is 10.8. The summed E-state index contributed by atoms with van der Waals surface area (Å²) in [5, 5.41) is 6.23. The van der Waals surface area contributed by atoms with E-state index in [1.165, 1.54) is 0 Å². The molecule has 94 valence electrons. The SMILES string of the molecule is C[C@@H](NC(=O)OC(C)(C)C)C1CCNCC1. The van der Waals surface area contributed by atoms with Crippen molar-refractivity contribution in [2.75, 3.05) is 13.1 Å². The summed E-state index contributed by atoms with van der Waals surface area (Å²) in [6.07, 6.45) is 1.94. The molecular weight excluding hydrogens is 204 g/mol. The predicted octanol–water partition coefficient (Wildman–Crippen LogP) is 1.90. The third-order valence-electron chi connectivity index (χ3n) is 2.84. The molecule has 1 aliphatic rings. The van der Waals surface area contributed by atoms with Crippen molar-refractivity contribution in [3.63, 3.8) is 0 Å². The van der Waals surface area contributed by atoms with E-state index < -0.39 is 5.60 Å². The molecular formula is C12H24N2O2. The highest BCUT2D eigenvalue weighted by atomic mass is 16.6. The Balaban J connectivity index is 2.32. The van der Waals surface area contributed by atoms with Gasteiger partial charge in [-0.3, -0.25) is 0 Å². The van der Waals surface area contributed by atoms with Crippen LogP contribution in [0.5, 0.6) is 0 Å². The van der Waals surface area contributed by atoms with Crippen molar-refractivity contribution in [1.29, 1.82) is 0 Å². The number of hydrogen-bond acceptors (Lipinski definition) is 3. The molecule has 2 N–H and O–H groups in total. The minimum atomic E-state index is -0.419. The molecule has 0 spiro atoms. The van der Waals surface area contributed by atoms with Gasteiger partial charge in [-0.15, -0.1) is 0 Å². The van der Waals surface area contributed by atoms with Gasteiger partial charge in [0.2, 0.25) is 0 Å². The fourth-order valence-corrected chi connectivity index (χ4v) is 1.96. The predicted molar refractivity (Wildman–Crippen MR) is 64.4 cm³/mol. The first kappa shape index (κ1) is 13.3. The van der Waals surface area contributed by atoms with E-state index in [0.717, 1.165) is 25.9 Å². The summed E-state index contributed by atoms with van der Waals surface area (Å²) in [5.41, 5.74) is -0.419. The second kappa shape index (κ2) is 5.53. The average molecular weight is 228 g/mol. The molecule has 1 fully saturated rings. The van der Waals surface area contributed by atoms with Crippen LogP contribution in [0.15, 0.2) is 0 Å². The van der Waals surface area contributed by atoms with Gasteiger partial charge >= 0.3 is 6.09 Å². The topological polar surface area (TPSA) is 50.4 Å². The Hall–Kier alpha value is -0.770. The monoisotopic (exact) mass is 228 g/mol. The van der Waals surface area contributed by atoms with Gasteiger partial charge in [-0.1, -0.05) is 0 Å². The van der Waals surface area contributed by atoms with Crippen LogP contribution in [0.3, 0.4) is 0 Å². The maximum Gasteiger partial charge on any atom is 0.407 e. The van der Waals surface area contributed by atoms with Crippen molar-refractivity contribution in [2.45, 2.75) is 52.2 Å². The van der Waals surface area contributed by atoms with Crippen LogP contribution in [0.2, 0.25) is 0 Å². The Morgan fingerprint density at radius 1 is 1.38 bits per heavy atom. The lowest BCUT2D eigenvalue weighted by Crippen LogP contribution is -2.44. The van der Waals surface area contributed by atoms with Crippen LogP contribution in [0.25, 0.3) is 0 Å². The summed E-state index contributed by atoms with van der Waals surface area (Å²) in [5.74, 6) is 0.564. The molecule has 1 amide bonds. The molecule has 1 atom stereocenters. The molecule has 16 heavy (non-hydrogen) atoms. The van der Waals surface area contributed by atoms with E-state index in [2.05, 4.69) is 17.6 Å². The van der Waals surface area contributed by atoms with E-state index in [9.17, 15) is 4.79 Å². The lowest BCUT2D eigenvalue weighted by atomic mass is 9.91.